The number of hydrogen-bond donors (Lipinski definition) is 1. The minimum absolute atomic E-state index is 0.0888. The fourth-order valence-electron chi connectivity index (χ4n) is 2.71. The molecule has 1 aliphatic rings. The fraction of sp³-hybridized carbons (Fsp3) is 0.500. The molecular weight excluding hydrogens is 290 g/mol. The topological polar surface area (TPSA) is 40.5 Å². The van der Waals surface area contributed by atoms with E-state index in [0.717, 1.165) is 0 Å². The van der Waals surface area contributed by atoms with Crippen molar-refractivity contribution in [3.8, 4) is 0 Å². The number of carbonyl (C=O) groups excluding carboxylic acids is 1. The van der Waals surface area contributed by atoms with Crippen molar-refractivity contribution in [1.29, 1.82) is 0 Å². The third kappa shape index (κ3) is 3.34. The van der Waals surface area contributed by atoms with Crippen molar-refractivity contribution in [2.75, 3.05) is 19.7 Å². The predicted octanol–water partition coefficient (Wildman–Crippen LogP) is 2.31. The Morgan fingerprint density at radius 1 is 1.33 bits per heavy atom. The van der Waals surface area contributed by atoms with Gasteiger partial charge in [-0.2, -0.15) is 13.2 Å². The minimum Gasteiger partial charge on any atom is -0.396 e. The van der Waals surface area contributed by atoms with Gasteiger partial charge in [0.15, 0.2) is 0 Å². The summed E-state index contributed by atoms with van der Waals surface area (Å²) in [6.07, 6.45) is -4.73. The average molecular weight is 305 g/mol. The summed E-state index contributed by atoms with van der Waals surface area (Å²) in [7, 11) is 0. The van der Waals surface area contributed by atoms with Crippen molar-refractivity contribution in [3.05, 3.63) is 35.6 Å². The Balaban J connectivity index is 2.25. The largest absolute Gasteiger partial charge is 0.471 e. The van der Waals surface area contributed by atoms with Crippen LogP contribution in [0.3, 0.4) is 0 Å². The van der Waals surface area contributed by atoms with Gasteiger partial charge in [-0.05, 0) is 24.0 Å². The van der Waals surface area contributed by atoms with E-state index in [2.05, 4.69) is 0 Å². The van der Waals surface area contributed by atoms with E-state index in [4.69, 9.17) is 0 Å². The molecule has 21 heavy (non-hydrogen) atoms. The molecule has 1 N–H and O–H groups in total. The van der Waals surface area contributed by atoms with Gasteiger partial charge in [0.25, 0.3) is 0 Å². The molecule has 0 bridgehead atoms. The van der Waals surface area contributed by atoms with Crippen LogP contribution in [0.2, 0.25) is 0 Å². The summed E-state index contributed by atoms with van der Waals surface area (Å²) in [5, 5.41) is 9.35. The SMILES string of the molecule is O=C(N1CC[C@H](CO)[C@@H](c2ccccc2F)C1)C(F)(F)F. The summed E-state index contributed by atoms with van der Waals surface area (Å²) in [5.41, 5.74) is 0.233. The fourth-order valence-corrected chi connectivity index (χ4v) is 2.71. The zero-order chi connectivity index (χ0) is 15.6. The van der Waals surface area contributed by atoms with Gasteiger partial charge in [-0.1, -0.05) is 18.2 Å². The Labute approximate surface area is 119 Å². The van der Waals surface area contributed by atoms with Crippen LogP contribution in [0.4, 0.5) is 17.6 Å². The first-order valence-corrected chi connectivity index (χ1v) is 6.56. The molecule has 1 aromatic rings. The molecule has 1 fully saturated rings. The number of aliphatic hydroxyl groups excluding tert-OH is 1. The molecule has 1 aliphatic heterocycles. The molecule has 0 unspecified atom stereocenters. The molecule has 116 valence electrons. The summed E-state index contributed by atoms with van der Waals surface area (Å²) < 4.78 is 51.4. The van der Waals surface area contributed by atoms with E-state index >= 15 is 0 Å². The van der Waals surface area contributed by atoms with Crippen LogP contribution in [-0.2, 0) is 4.79 Å². The molecule has 1 heterocycles. The molecule has 0 aromatic heterocycles. The van der Waals surface area contributed by atoms with E-state index < -0.39 is 23.8 Å². The first-order chi connectivity index (χ1) is 9.84. The van der Waals surface area contributed by atoms with Gasteiger partial charge in [0.05, 0.1) is 0 Å². The van der Waals surface area contributed by atoms with Crippen molar-refractivity contribution in [2.24, 2.45) is 5.92 Å². The van der Waals surface area contributed by atoms with Gasteiger partial charge in [-0.3, -0.25) is 4.79 Å². The van der Waals surface area contributed by atoms with Crippen molar-refractivity contribution >= 4 is 5.91 Å². The Bertz CT molecular complexity index is 518. The average Bonchev–Trinajstić information content (AvgIpc) is 2.45. The second-order valence-electron chi connectivity index (χ2n) is 5.11. The van der Waals surface area contributed by atoms with Crippen LogP contribution in [0.1, 0.15) is 17.9 Å². The number of halogens is 4. The van der Waals surface area contributed by atoms with Crippen LogP contribution in [0.25, 0.3) is 0 Å². The zero-order valence-electron chi connectivity index (χ0n) is 11.1. The Morgan fingerprint density at radius 2 is 2.00 bits per heavy atom. The first-order valence-electron chi connectivity index (χ1n) is 6.56. The molecule has 0 radical (unpaired) electrons. The molecule has 3 nitrogen and oxygen atoms in total. The molecule has 1 saturated heterocycles. The van der Waals surface area contributed by atoms with Gasteiger partial charge in [0.2, 0.25) is 0 Å². The predicted molar refractivity (Wildman–Crippen MR) is 67.0 cm³/mol. The van der Waals surface area contributed by atoms with Crippen LogP contribution in [0.15, 0.2) is 24.3 Å². The maximum absolute atomic E-state index is 13.8. The molecule has 0 saturated carbocycles. The van der Waals surface area contributed by atoms with E-state index in [1.807, 2.05) is 0 Å². The van der Waals surface area contributed by atoms with Gasteiger partial charge in [0, 0.05) is 25.6 Å². The lowest BCUT2D eigenvalue weighted by molar-refractivity contribution is -0.187. The van der Waals surface area contributed by atoms with E-state index in [9.17, 15) is 27.5 Å². The summed E-state index contributed by atoms with van der Waals surface area (Å²) >= 11 is 0. The number of carbonyl (C=O) groups is 1. The van der Waals surface area contributed by atoms with Gasteiger partial charge in [0.1, 0.15) is 5.82 Å². The highest BCUT2D eigenvalue weighted by atomic mass is 19.4. The van der Waals surface area contributed by atoms with Crippen molar-refractivity contribution in [3.63, 3.8) is 0 Å². The van der Waals surface area contributed by atoms with E-state index in [1.54, 1.807) is 6.07 Å². The summed E-state index contributed by atoms with van der Waals surface area (Å²) in [6, 6.07) is 5.75. The third-order valence-corrected chi connectivity index (χ3v) is 3.82. The number of alkyl halides is 3. The molecular formula is C14H15F4NO2. The molecule has 2 atom stereocenters. The van der Waals surface area contributed by atoms with Crippen LogP contribution in [0.5, 0.6) is 0 Å². The zero-order valence-corrected chi connectivity index (χ0v) is 11.1. The molecule has 1 amide bonds. The highest BCUT2D eigenvalue weighted by molar-refractivity contribution is 5.82. The van der Waals surface area contributed by atoms with Gasteiger partial charge < -0.3 is 10.0 Å². The number of likely N-dealkylation sites (tertiary alicyclic amines) is 1. The van der Waals surface area contributed by atoms with Crippen LogP contribution in [-0.4, -0.2) is 41.8 Å². The third-order valence-electron chi connectivity index (χ3n) is 3.82. The van der Waals surface area contributed by atoms with Crippen molar-refractivity contribution in [1.82, 2.24) is 4.90 Å². The highest BCUT2D eigenvalue weighted by Crippen LogP contribution is 2.35. The number of benzene rings is 1. The molecule has 0 aliphatic carbocycles. The lowest BCUT2D eigenvalue weighted by Gasteiger charge is -2.38. The number of aliphatic hydroxyl groups is 1. The first kappa shape index (κ1) is 15.8. The maximum atomic E-state index is 13.8. The quantitative estimate of drug-likeness (QED) is 0.852. The number of nitrogens with zero attached hydrogens (tertiary/aromatic N) is 1. The van der Waals surface area contributed by atoms with Gasteiger partial charge >= 0.3 is 12.1 Å². The summed E-state index contributed by atoms with van der Waals surface area (Å²) in [6.45, 7) is -0.591. The Kier molecular flexibility index (Phi) is 4.51. The van der Waals surface area contributed by atoms with Crippen LogP contribution < -0.4 is 0 Å². The minimum atomic E-state index is -4.94. The number of rotatable bonds is 2. The maximum Gasteiger partial charge on any atom is 0.471 e. The van der Waals surface area contributed by atoms with Crippen LogP contribution in [0, 0.1) is 11.7 Å². The second-order valence-corrected chi connectivity index (χ2v) is 5.11. The normalized spacial score (nSPS) is 23.2. The number of amides is 1. The van der Waals surface area contributed by atoms with Gasteiger partial charge in [-0.15, -0.1) is 0 Å². The van der Waals surface area contributed by atoms with Crippen LogP contribution >= 0.6 is 0 Å². The summed E-state index contributed by atoms with van der Waals surface area (Å²) in [5.74, 6) is -3.46. The standard InChI is InChI=1S/C14H15F4NO2/c15-12-4-2-1-3-10(12)11-7-19(6-5-9(11)8-20)13(21)14(16,17)18/h1-4,9,11,20H,5-8H2/t9-,11+/m1/s1. The smallest absolute Gasteiger partial charge is 0.396 e. The molecule has 2 rings (SSSR count). The molecule has 1 aromatic carbocycles. The summed E-state index contributed by atoms with van der Waals surface area (Å²) in [4.78, 5) is 12.0. The Hall–Kier alpha value is -1.63. The van der Waals surface area contributed by atoms with Crippen molar-refractivity contribution in [2.45, 2.75) is 18.5 Å². The lowest BCUT2D eigenvalue weighted by Crippen LogP contribution is -2.48. The van der Waals surface area contributed by atoms with Crippen molar-refractivity contribution < 1.29 is 27.5 Å². The van der Waals surface area contributed by atoms with Gasteiger partial charge in [-0.25, -0.2) is 4.39 Å². The van der Waals surface area contributed by atoms with E-state index in [0.29, 0.717) is 4.90 Å². The highest BCUT2D eigenvalue weighted by Gasteiger charge is 2.45. The molecule has 0 spiro atoms. The van der Waals surface area contributed by atoms with E-state index in [-0.39, 0.29) is 37.6 Å². The number of hydrogen-bond acceptors (Lipinski definition) is 2. The second kappa shape index (κ2) is 6.01. The monoisotopic (exact) mass is 305 g/mol. The lowest BCUT2D eigenvalue weighted by atomic mass is 9.81. The Morgan fingerprint density at radius 3 is 2.57 bits per heavy atom. The van der Waals surface area contributed by atoms with E-state index in [1.165, 1.54) is 18.2 Å². The molecule has 7 heteroatoms. The number of piperidine rings is 1.